The van der Waals surface area contributed by atoms with Gasteiger partial charge in [-0.3, -0.25) is 9.59 Å². The number of rotatable bonds is 9. The normalized spacial score (nSPS) is 13.5. The van der Waals surface area contributed by atoms with E-state index in [9.17, 15) is 9.59 Å². The van der Waals surface area contributed by atoms with Crippen LogP contribution in [0.25, 0.3) is 0 Å². The van der Waals surface area contributed by atoms with E-state index in [0.29, 0.717) is 25.8 Å². The van der Waals surface area contributed by atoms with Gasteiger partial charge >= 0.3 is 0 Å². The van der Waals surface area contributed by atoms with Gasteiger partial charge in [0.2, 0.25) is 11.0 Å². The zero-order chi connectivity index (χ0) is 16.5. The minimum absolute atomic E-state index is 0.236. The minimum atomic E-state index is -0.627. The molecule has 1 amide bonds. The van der Waals surface area contributed by atoms with Gasteiger partial charge in [-0.2, -0.15) is 0 Å². The molecule has 0 radical (unpaired) electrons. The summed E-state index contributed by atoms with van der Waals surface area (Å²) in [6.07, 6.45) is 2.43. The van der Waals surface area contributed by atoms with Crippen molar-refractivity contribution in [1.82, 2.24) is 4.90 Å². The molecule has 122 valence electrons. The lowest BCUT2D eigenvalue weighted by Gasteiger charge is -2.28. The first-order valence-corrected chi connectivity index (χ1v) is 7.91. The molecule has 4 N–H and O–H groups in total. The summed E-state index contributed by atoms with van der Waals surface area (Å²) in [5.41, 5.74) is 12.6. The summed E-state index contributed by atoms with van der Waals surface area (Å²) in [4.78, 5) is 25.3. The van der Waals surface area contributed by atoms with Gasteiger partial charge in [0, 0.05) is 7.05 Å². The number of amides is 1. The predicted octanol–water partition coefficient (Wildman–Crippen LogP) is 0.969. The average Bonchev–Trinajstić information content (AvgIpc) is 2.52. The average molecular weight is 323 g/mol. The summed E-state index contributed by atoms with van der Waals surface area (Å²) in [5, 5.41) is -0.334. The maximum Gasteiger partial charge on any atom is 0.239 e. The van der Waals surface area contributed by atoms with Crippen molar-refractivity contribution in [2.24, 2.45) is 11.5 Å². The summed E-state index contributed by atoms with van der Waals surface area (Å²) in [5.74, 6) is -0.236. The van der Waals surface area contributed by atoms with E-state index < -0.39 is 12.1 Å². The van der Waals surface area contributed by atoms with Crippen LogP contribution in [0, 0.1) is 0 Å². The van der Waals surface area contributed by atoms with E-state index in [4.69, 9.17) is 11.5 Å². The van der Waals surface area contributed by atoms with E-state index in [1.807, 2.05) is 30.3 Å². The van der Waals surface area contributed by atoms with Crippen molar-refractivity contribution < 1.29 is 9.59 Å². The van der Waals surface area contributed by atoms with E-state index in [0.717, 1.165) is 12.0 Å². The van der Waals surface area contributed by atoms with E-state index in [2.05, 4.69) is 12.6 Å². The second-order valence-corrected chi connectivity index (χ2v) is 5.81. The molecule has 0 saturated heterocycles. The maximum absolute atomic E-state index is 12.4. The number of likely N-dealkylation sites (N-methyl/N-ethyl adjacent to an activating group) is 1. The standard InChI is InChI=1S/C16H25N3O2S/c1-19(14(16(21)22)8-5-11-17)15(20)13(18)10-9-12-6-3-2-4-7-12/h2-4,6-7,13-14H,5,8-11,17-18H2,1H3,(H,21,22)/t13-,14-/m0/s1. The molecule has 0 heterocycles. The van der Waals surface area contributed by atoms with Gasteiger partial charge in [0.1, 0.15) is 6.04 Å². The molecule has 0 aliphatic carbocycles. The van der Waals surface area contributed by atoms with Gasteiger partial charge in [-0.15, -0.1) is 12.6 Å². The number of benzene rings is 1. The molecule has 0 aliphatic rings. The van der Waals surface area contributed by atoms with Crippen LogP contribution in [-0.4, -0.2) is 41.6 Å². The Morgan fingerprint density at radius 1 is 1.23 bits per heavy atom. The Hall–Kier alpha value is -1.37. The summed E-state index contributed by atoms with van der Waals surface area (Å²) in [6.45, 7) is 0.472. The summed E-state index contributed by atoms with van der Waals surface area (Å²) in [7, 11) is 1.60. The maximum atomic E-state index is 12.4. The van der Waals surface area contributed by atoms with Crippen molar-refractivity contribution in [3.8, 4) is 0 Å². The first-order valence-electron chi connectivity index (χ1n) is 7.46. The fraction of sp³-hybridized carbons (Fsp3) is 0.500. The highest BCUT2D eigenvalue weighted by atomic mass is 32.1. The molecule has 2 atom stereocenters. The SMILES string of the molecule is CN(C(=O)[C@@H](N)CCc1ccccc1)[C@@H](CCCN)C(=O)S. The first kappa shape index (κ1) is 18.7. The van der Waals surface area contributed by atoms with Crippen molar-refractivity contribution in [2.75, 3.05) is 13.6 Å². The van der Waals surface area contributed by atoms with Crippen LogP contribution >= 0.6 is 12.6 Å². The van der Waals surface area contributed by atoms with Crippen LogP contribution in [0.3, 0.4) is 0 Å². The van der Waals surface area contributed by atoms with Crippen molar-refractivity contribution in [3.05, 3.63) is 35.9 Å². The predicted molar refractivity (Wildman–Crippen MR) is 91.6 cm³/mol. The summed E-state index contributed by atoms with van der Waals surface area (Å²) >= 11 is 3.86. The van der Waals surface area contributed by atoms with Crippen molar-refractivity contribution in [2.45, 2.75) is 37.8 Å². The zero-order valence-electron chi connectivity index (χ0n) is 12.9. The fourth-order valence-corrected chi connectivity index (χ4v) is 2.60. The number of nitrogens with two attached hydrogens (primary N) is 2. The monoisotopic (exact) mass is 323 g/mol. The van der Waals surface area contributed by atoms with Gasteiger partial charge < -0.3 is 16.4 Å². The van der Waals surface area contributed by atoms with Crippen LogP contribution in [0.4, 0.5) is 0 Å². The molecule has 0 fully saturated rings. The van der Waals surface area contributed by atoms with Crippen LogP contribution < -0.4 is 11.5 Å². The van der Waals surface area contributed by atoms with Crippen LogP contribution in [0.15, 0.2) is 30.3 Å². The third-order valence-corrected chi connectivity index (χ3v) is 3.98. The molecule has 0 aliphatic heterocycles. The first-order chi connectivity index (χ1) is 10.5. The minimum Gasteiger partial charge on any atom is -0.333 e. The molecule has 6 heteroatoms. The van der Waals surface area contributed by atoms with Gasteiger partial charge in [0.15, 0.2) is 0 Å². The number of hydrogen-bond donors (Lipinski definition) is 3. The lowest BCUT2D eigenvalue weighted by atomic mass is 10.0. The molecule has 1 aromatic rings. The number of thiol groups is 1. The molecule has 0 unspecified atom stereocenters. The van der Waals surface area contributed by atoms with Crippen LogP contribution in [0.1, 0.15) is 24.8 Å². The molecule has 0 bridgehead atoms. The number of hydrogen-bond acceptors (Lipinski definition) is 4. The lowest BCUT2D eigenvalue weighted by Crippen LogP contribution is -2.48. The molecular formula is C16H25N3O2S. The molecule has 5 nitrogen and oxygen atoms in total. The van der Waals surface area contributed by atoms with Gasteiger partial charge in [-0.1, -0.05) is 30.3 Å². The van der Waals surface area contributed by atoms with Crippen molar-refractivity contribution in [3.63, 3.8) is 0 Å². The second-order valence-electron chi connectivity index (χ2n) is 5.36. The second kappa shape index (κ2) is 9.61. The number of aryl methyl sites for hydroxylation is 1. The third kappa shape index (κ3) is 5.79. The van der Waals surface area contributed by atoms with E-state index in [-0.39, 0.29) is 11.0 Å². The molecule has 0 spiro atoms. The van der Waals surface area contributed by atoms with Crippen LogP contribution in [0.5, 0.6) is 0 Å². The number of carbonyl (C=O) groups excluding carboxylic acids is 2. The highest BCUT2D eigenvalue weighted by molar-refractivity contribution is 7.96. The Labute approximate surface area is 137 Å². The van der Waals surface area contributed by atoms with Gasteiger partial charge in [0.25, 0.3) is 0 Å². The molecular weight excluding hydrogens is 298 g/mol. The zero-order valence-corrected chi connectivity index (χ0v) is 13.8. The van der Waals surface area contributed by atoms with Gasteiger partial charge in [-0.05, 0) is 37.8 Å². The Morgan fingerprint density at radius 3 is 2.41 bits per heavy atom. The number of carbonyl (C=O) groups is 2. The van der Waals surface area contributed by atoms with Gasteiger partial charge in [-0.25, -0.2) is 0 Å². The molecule has 1 rings (SSSR count). The quantitative estimate of drug-likeness (QED) is 0.591. The van der Waals surface area contributed by atoms with E-state index in [1.54, 1.807) is 7.05 Å². The van der Waals surface area contributed by atoms with Crippen molar-refractivity contribution in [1.29, 1.82) is 0 Å². The van der Waals surface area contributed by atoms with Crippen molar-refractivity contribution >= 4 is 23.7 Å². The summed E-state index contributed by atoms with van der Waals surface area (Å²) in [6, 6.07) is 8.67. The largest absolute Gasteiger partial charge is 0.333 e. The Morgan fingerprint density at radius 2 is 1.86 bits per heavy atom. The Kier molecular flexibility index (Phi) is 8.16. The van der Waals surface area contributed by atoms with Crippen LogP contribution in [-0.2, 0) is 16.0 Å². The molecule has 22 heavy (non-hydrogen) atoms. The summed E-state index contributed by atoms with van der Waals surface area (Å²) < 4.78 is 0. The molecule has 0 saturated carbocycles. The Bertz CT molecular complexity index is 482. The topological polar surface area (TPSA) is 89.4 Å². The smallest absolute Gasteiger partial charge is 0.239 e. The number of nitrogens with zero attached hydrogens (tertiary/aromatic N) is 1. The van der Waals surface area contributed by atoms with E-state index >= 15 is 0 Å². The lowest BCUT2D eigenvalue weighted by molar-refractivity contribution is -0.136. The highest BCUT2D eigenvalue weighted by Gasteiger charge is 2.27. The molecule has 0 aromatic heterocycles. The van der Waals surface area contributed by atoms with Gasteiger partial charge in [0.05, 0.1) is 6.04 Å². The highest BCUT2D eigenvalue weighted by Crippen LogP contribution is 2.12. The van der Waals surface area contributed by atoms with Crippen LogP contribution in [0.2, 0.25) is 0 Å². The Balaban J connectivity index is 2.57. The molecule has 1 aromatic carbocycles. The fourth-order valence-electron chi connectivity index (χ4n) is 2.30. The third-order valence-electron chi connectivity index (χ3n) is 3.69. The van der Waals surface area contributed by atoms with E-state index in [1.165, 1.54) is 4.90 Å².